The number of halogens is 2. The van der Waals surface area contributed by atoms with Crippen molar-refractivity contribution in [2.45, 2.75) is 13.0 Å². The van der Waals surface area contributed by atoms with Gasteiger partial charge in [0, 0.05) is 11.6 Å². The van der Waals surface area contributed by atoms with Gasteiger partial charge < -0.3 is 14.2 Å². The largest absolute Gasteiger partial charge is 0.497 e. The van der Waals surface area contributed by atoms with E-state index in [1.165, 1.54) is 24.3 Å². The summed E-state index contributed by atoms with van der Waals surface area (Å²) in [5, 5.41) is 1.73. The molecule has 0 aliphatic carbocycles. The summed E-state index contributed by atoms with van der Waals surface area (Å²) in [6.07, 6.45) is 0.496. The molecule has 4 aromatic rings. The molecule has 0 radical (unpaired) electrons. The van der Waals surface area contributed by atoms with Crippen LogP contribution >= 0.6 is 0 Å². The number of esters is 2. The van der Waals surface area contributed by atoms with Crippen LogP contribution < -0.4 is 9.47 Å². The summed E-state index contributed by atoms with van der Waals surface area (Å²) >= 11 is 0. The van der Waals surface area contributed by atoms with E-state index in [2.05, 4.69) is 6.58 Å². The predicted octanol–water partition coefficient (Wildman–Crippen LogP) is 6.80. The quantitative estimate of drug-likeness (QED) is 0.163. The van der Waals surface area contributed by atoms with Gasteiger partial charge in [0.05, 0.1) is 12.7 Å². The van der Waals surface area contributed by atoms with Crippen LogP contribution in [0.4, 0.5) is 8.78 Å². The van der Waals surface area contributed by atoms with Crippen LogP contribution in [0.2, 0.25) is 0 Å². The average molecular weight is 488 g/mol. The van der Waals surface area contributed by atoms with Crippen LogP contribution in [0.15, 0.2) is 85.5 Å². The minimum Gasteiger partial charge on any atom is -0.497 e. The fourth-order valence-electron chi connectivity index (χ4n) is 3.69. The predicted molar refractivity (Wildman–Crippen MR) is 132 cm³/mol. The normalized spacial score (nSPS) is 11.6. The van der Waals surface area contributed by atoms with Gasteiger partial charge in [0.15, 0.2) is 11.6 Å². The van der Waals surface area contributed by atoms with Crippen LogP contribution in [-0.2, 0) is 9.53 Å². The van der Waals surface area contributed by atoms with Gasteiger partial charge in [-0.3, -0.25) is 0 Å². The molecule has 0 fully saturated rings. The molecule has 0 bridgehead atoms. The second-order valence-electron chi connectivity index (χ2n) is 7.96. The summed E-state index contributed by atoms with van der Waals surface area (Å²) in [5.41, 5.74) is 1.27. The van der Waals surface area contributed by atoms with E-state index >= 15 is 0 Å². The van der Waals surface area contributed by atoms with Gasteiger partial charge in [-0.2, -0.15) is 4.39 Å². The highest BCUT2D eigenvalue weighted by atomic mass is 19.2. The zero-order chi connectivity index (χ0) is 25.8. The lowest BCUT2D eigenvalue weighted by Gasteiger charge is -2.13. The first-order chi connectivity index (χ1) is 17.3. The maximum atomic E-state index is 15.0. The molecule has 7 heteroatoms. The Morgan fingerprint density at radius 1 is 0.889 bits per heavy atom. The van der Waals surface area contributed by atoms with Gasteiger partial charge in [-0.25, -0.2) is 14.0 Å². The summed E-state index contributed by atoms with van der Waals surface area (Å²) in [6.45, 7) is 5.01. The van der Waals surface area contributed by atoms with Crippen LogP contribution in [0.3, 0.4) is 0 Å². The van der Waals surface area contributed by atoms with Crippen LogP contribution in [-0.4, -0.2) is 19.0 Å². The molecule has 0 saturated carbocycles. The molecule has 0 spiro atoms. The zero-order valence-electron chi connectivity index (χ0n) is 19.6. The summed E-state index contributed by atoms with van der Waals surface area (Å²) in [6, 6.07) is 19.3. The van der Waals surface area contributed by atoms with Crippen molar-refractivity contribution in [3.63, 3.8) is 0 Å². The Hall–Kier alpha value is -4.52. The minimum atomic E-state index is -1.27. The first kappa shape index (κ1) is 24.6. The van der Waals surface area contributed by atoms with Gasteiger partial charge in [0.1, 0.15) is 11.9 Å². The summed E-state index contributed by atoms with van der Waals surface area (Å²) in [7, 11) is 1.57. The molecule has 0 aliphatic rings. The molecular weight excluding hydrogens is 466 g/mol. The maximum Gasteiger partial charge on any atom is 0.343 e. The summed E-state index contributed by atoms with van der Waals surface area (Å²) in [4.78, 5) is 23.9. The van der Waals surface area contributed by atoms with Gasteiger partial charge in [-0.1, -0.05) is 36.9 Å². The number of ether oxygens (including phenoxy) is 3. The molecule has 1 atom stereocenters. The van der Waals surface area contributed by atoms with E-state index in [0.717, 1.165) is 16.8 Å². The lowest BCUT2D eigenvalue weighted by molar-refractivity contribution is -0.142. The number of rotatable bonds is 7. The Kier molecular flexibility index (Phi) is 7.10. The summed E-state index contributed by atoms with van der Waals surface area (Å²) < 4.78 is 45.2. The monoisotopic (exact) mass is 488 g/mol. The minimum absolute atomic E-state index is 0.0393. The molecular formula is C29H22F2O5. The van der Waals surface area contributed by atoms with Crippen molar-refractivity contribution in [2.24, 2.45) is 0 Å². The number of fused-ring (bicyclic) bond motifs is 1. The van der Waals surface area contributed by atoms with Crippen molar-refractivity contribution < 1.29 is 32.6 Å². The zero-order valence-corrected chi connectivity index (χ0v) is 19.6. The SMILES string of the molecule is C=CC(=O)OC(C)c1ccc(C(=O)Oc2ccc(-c3ccc4cc(OC)ccc4c3)c(F)c2F)cc1. The van der Waals surface area contributed by atoms with Gasteiger partial charge in [-0.15, -0.1) is 0 Å². The van der Waals surface area contributed by atoms with E-state index < -0.39 is 35.4 Å². The molecule has 0 aromatic heterocycles. The number of carbonyl (C=O) groups excluding carboxylic acids is 2. The van der Waals surface area contributed by atoms with Crippen LogP contribution in [0.25, 0.3) is 21.9 Å². The van der Waals surface area contributed by atoms with Crippen LogP contribution in [0, 0.1) is 11.6 Å². The van der Waals surface area contributed by atoms with Crippen molar-refractivity contribution in [3.05, 3.63) is 108 Å². The Balaban J connectivity index is 1.53. The highest BCUT2D eigenvalue weighted by Crippen LogP contribution is 2.33. The number of methoxy groups -OCH3 is 1. The van der Waals surface area contributed by atoms with E-state index in [-0.39, 0.29) is 11.1 Å². The summed E-state index contributed by atoms with van der Waals surface area (Å²) in [5.74, 6) is -3.65. The third-order valence-corrected chi connectivity index (χ3v) is 5.68. The van der Waals surface area contributed by atoms with E-state index in [9.17, 15) is 18.4 Å². The molecule has 0 heterocycles. The Morgan fingerprint density at radius 3 is 2.28 bits per heavy atom. The van der Waals surface area contributed by atoms with Crippen molar-refractivity contribution in [2.75, 3.05) is 7.11 Å². The van der Waals surface area contributed by atoms with Gasteiger partial charge >= 0.3 is 11.9 Å². The third kappa shape index (κ3) is 5.10. The van der Waals surface area contributed by atoms with Crippen LogP contribution in [0.5, 0.6) is 11.5 Å². The smallest absolute Gasteiger partial charge is 0.343 e. The molecule has 4 aromatic carbocycles. The average Bonchev–Trinajstić information content (AvgIpc) is 2.90. The molecule has 5 nitrogen and oxygen atoms in total. The Morgan fingerprint density at radius 2 is 1.58 bits per heavy atom. The fourth-order valence-corrected chi connectivity index (χ4v) is 3.69. The van der Waals surface area contributed by atoms with E-state index in [1.807, 2.05) is 12.1 Å². The fraction of sp³-hybridized carbons (Fsp3) is 0.103. The highest BCUT2D eigenvalue weighted by Gasteiger charge is 2.19. The molecule has 182 valence electrons. The van der Waals surface area contributed by atoms with Gasteiger partial charge in [-0.05, 0) is 71.3 Å². The molecule has 0 N–H and O–H groups in total. The molecule has 0 saturated heterocycles. The van der Waals surface area contributed by atoms with E-state index in [4.69, 9.17) is 14.2 Å². The van der Waals surface area contributed by atoms with Crippen LogP contribution in [0.1, 0.15) is 28.9 Å². The second-order valence-corrected chi connectivity index (χ2v) is 7.96. The van der Waals surface area contributed by atoms with Crippen molar-refractivity contribution >= 4 is 22.7 Å². The molecule has 0 aliphatic heterocycles. The molecule has 1 unspecified atom stereocenters. The van der Waals surface area contributed by atoms with Crippen molar-refractivity contribution in [1.29, 1.82) is 0 Å². The van der Waals surface area contributed by atoms with Crippen molar-refractivity contribution in [1.82, 2.24) is 0 Å². The standard InChI is InChI=1S/C29H22F2O5/c1-4-26(32)35-17(2)18-5-7-19(8-6-18)29(33)36-25-14-13-24(27(30)28(25)31)22-10-9-21-16-23(34-3)12-11-20(21)15-22/h4-17H,1H2,2-3H3. The topological polar surface area (TPSA) is 61.8 Å². The number of benzene rings is 4. The Bertz CT molecular complexity index is 1460. The third-order valence-electron chi connectivity index (χ3n) is 5.68. The lowest BCUT2D eigenvalue weighted by Crippen LogP contribution is -2.11. The first-order valence-electron chi connectivity index (χ1n) is 11.0. The number of hydrogen-bond donors (Lipinski definition) is 0. The molecule has 4 rings (SSSR count). The molecule has 36 heavy (non-hydrogen) atoms. The number of carbonyl (C=O) groups is 2. The molecule has 0 amide bonds. The second kappa shape index (κ2) is 10.4. The van der Waals surface area contributed by atoms with Gasteiger partial charge in [0.2, 0.25) is 5.82 Å². The Labute approximate surface area is 206 Å². The lowest BCUT2D eigenvalue weighted by atomic mass is 10.0. The van der Waals surface area contributed by atoms with Crippen molar-refractivity contribution in [3.8, 4) is 22.6 Å². The highest BCUT2D eigenvalue weighted by molar-refractivity contribution is 5.91. The number of hydrogen-bond acceptors (Lipinski definition) is 5. The van der Waals surface area contributed by atoms with E-state index in [1.54, 1.807) is 50.4 Å². The first-order valence-corrected chi connectivity index (χ1v) is 11.0. The van der Waals surface area contributed by atoms with Gasteiger partial charge in [0.25, 0.3) is 0 Å². The van der Waals surface area contributed by atoms with E-state index in [0.29, 0.717) is 16.9 Å². The maximum absolute atomic E-state index is 15.0.